The number of amides is 4. The number of likely N-dealkylation sites (tertiary alicyclic amines) is 1. The van der Waals surface area contributed by atoms with E-state index in [4.69, 9.17) is 11.5 Å². The van der Waals surface area contributed by atoms with Gasteiger partial charge in [0.05, 0.1) is 6.61 Å². The van der Waals surface area contributed by atoms with E-state index >= 15 is 0 Å². The number of nitrogens with zero attached hydrogens (tertiary/aromatic N) is 1. The average molecular weight is 494 g/mol. The molecule has 0 bridgehead atoms. The van der Waals surface area contributed by atoms with Gasteiger partial charge in [-0.3, -0.25) is 19.2 Å². The lowest BCUT2D eigenvalue weighted by Gasteiger charge is -2.28. The second-order valence-corrected chi connectivity index (χ2v) is 8.31. The normalized spacial score (nSPS) is 17.8. The summed E-state index contributed by atoms with van der Waals surface area (Å²) < 4.78 is 0. The molecule has 1 aliphatic rings. The molecule has 1 aromatic rings. The summed E-state index contributed by atoms with van der Waals surface area (Å²) in [4.78, 5) is 62.3. The Kier molecular flexibility index (Phi) is 9.97. The van der Waals surface area contributed by atoms with Crippen LogP contribution in [-0.4, -0.2) is 87.1 Å². The quantitative estimate of drug-likeness (QED) is 0.164. The van der Waals surface area contributed by atoms with Crippen molar-refractivity contribution in [3.8, 4) is 5.75 Å². The minimum atomic E-state index is -1.42. The monoisotopic (exact) mass is 493 g/mol. The first-order valence-corrected chi connectivity index (χ1v) is 11.1. The van der Waals surface area contributed by atoms with Crippen molar-refractivity contribution in [2.24, 2.45) is 11.5 Å². The van der Waals surface area contributed by atoms with E-state index in [-0.39, 0.29) is 31.6 Å². The summed E-state index contributed by atoms with van der Waals surface area (Å²) in [6.45, 7) is -0.328. The Bertz CT molecular complexity index is 938. The van der Waals surface area contributed by atoms with Crippen molar-refractivity contribution in [3.63, 3.8) is 0 Å². The summed E-state index contributed by atoms with van der Waals surface area (Å²) in [6, 6.07) is 1.12. The number of nitrogens with one attached hydrogen (secondary N) is 2. The minimum Gasteiger partial charge on any atom is -0.508 e. The molecule has 1 fully saturated rings. The number of aromatic hydroxyl groups is 1. The second-order valence-electron chi connectivity index (χ2n) is 8.31. The van der Waals surface area contributed by atoms with Gasteiger partial charge in [-0.05, 0) is 37.0 Å². The molecule has 0 saturated carbocycles. The van der Waals surface area contributed by atoms with Crippen molar-refractivity contribution < 1.29 is 39.3 Å². The maximum absolute atomic E-state index is 13.1. The maximum Gasteiger partial charge on any atom is 0.326 e. The molecule has 35 heavy (non-hydrogen) atoms. The highest BCUT2D eigenvalue weighted by Crippen LogP contribution is 2.19. The molecule has 0 spiro atoms. The maximum atomic E-state index is 13.1. The van der Waals surface area contributed by atoms with Crippen molar-refractivity contribution in [3.05, 3.63) is 29.8 Å². The minimum absolute atomic E-state index is 0.00323. The van der Waals surface area contributed by atoms with Gasteiger partial charge in [0.2, 0.25) is 23.6 Å². The number of rotatable bonds is 12. The first-order valence-electron chi connectivity index (χ1n) is 11.1. The molecule has 1 saturated heterocycles. The Hall–Kier alpha value is -3.71. The first kappa shape index (κ1) is 27.5. The molecule has 1 heterocycles. The highest BCUT2D eigenvalue weighted by Gasteiger charge is 2.37. The molecule has 0 aliphatic carbocycles. The Morgan fingerprint density at radius 1 is 1.09 bits per heavy atom. The number of hydrogen-bond acceptors (Lipinski definition) is 8. The third-order valence-corrected chi connectivity index (χ3v) is 5.66. The van der Waals surface area contributed by atoms with Crippen LogP contribution in [0.5, 0.6) is 5.75 Å². The molecule has 0 aromatic heterocycles. The zero-order valence-corrected chi connectivity index (χ0v) is 19.1. The van der Waals surface area contributed by atoms with Gasteiger partial charge in [0.25, 0.3) is 0 Å². The van der Waals surface area contributed by atoms with Crippen LogP contribution in [0.25, 0.3) is 0 Å². The number of hydrogen-bond donors (Lipinski definition) is 7. The summed E-state index contributed by atoms with van der Waals surface area (Å²) in [5.41, 5.74) is 11.2. The van der Waals surface area contributed by atoms with E-state index in [1.807, 2.05) is 0 Å². The molecule has 4 unspecified atom stereocenters. The van der Waals surface area contributed by atoms with Crippen LogP contribution in [0.15, 0.2) is 24.3 Å². The summed E-state index contributed by atoms with van der Waals surface area (Å²) in [6.07, 6.45) is 0.290. The summed E-state index contributed by atoms with van der Waals surface area (Å²) in [7, 11) is 0. The smallest absolute Gasteiger partial charge is 0.326 e. The fourth-order valence-corrected chi connectivity index (χ4v) is 3.76. The van der Waals surface area contributed by atoms with Crippen LogP contribution in [0.1, 0.15) is 31.2 Å². The van der Waals surface area contributed by atoms with Crippen LogP contribution in [0.3, 0.4) is 0 Å². The van der Waals surface area contributed by atoms with Crippen LogP contribution in [0.2, 0.25) is 0 Å². The van der Waals surface area contributed by atoms with E-state index in [1.54, 1.807) is 0 Å². The number of carboxylic acids is 1. The molecule has 13 heteroatoms. The van der Waals surface area contributed by atoms with E-state index in [2.05, 4.69) is 10.6 Å². The largest absolute Gasteiger partial charge is 0.508 e. The van der Waals surface area contributed by atoms with Gasteiger partial charge in [-0.15, -0.1) is 0 Å². The van der Waals surface area contributed by atoms with Crippen LogP contribution in [0.4, 0.5) is 0 Å². The Labute approximate surface area is 201 Å². The molecule has 2 rings (SSSR count). The van der Waals surface area contributed by atoms with E-state index in [0.717, 1.165) is 0 Å². The van der Waals surface area contributed by atoms with Gasteiger partial charge in [-0.1, -0.05) is 12.1 Å². The lowest BCUT2D eigenvalue weighted by molar-refractivity contribution is -0.143. The lowest BCUT2D eigenvalue weighted by Crippen LogP contribution is -2.57. The number of aliphatic hydroxyl groups is 1. The van der Waals surface area contributed by atoms with Gasteiger partial charge in [0.15, 0.2) is 0 Å². The van der Waals surface area contributed by atoms with Crippen molar-refractivity contribution >= 4 is 29.6 Å². The average Bonchev–Trinajstić information content (AvgIpc) is 3.31. The molecular weight excluding hydrogens is 462 g/mol. The standard InChI is InChI=1S/C22H31N5O8/c23-14(11-28)21(33)27-9-1-2-17(27)20(32)26-16(10-12-3-5-13(29)6-4-12)19(31)25-15(22(34)35)7-8-18(24)30/h3-6,14-17,28-29H,1-2,7-11,23H2,(H2,24,30)(H,25,31)(H,26,32)(H,34,35). The van der Waals surface area contributed by atoms with Crippen molar-refractivity contribution in [1.82, 2.24) is 15.5 Å². The SMILES string of the molecule is NC(=O)CCC(NC(=O)C(Cc1ccc(O)cc1)NC(=O)C1CCCN1C(=O)C(N)CO)C(=O)O. The highest BCUT2D eigenvalue weighted by atomic mass is 16.4. The number of aliphatic carboxylic acids is 1. The fourth-order valence-electron chi connectivity index (χ4n) is 3.76. The van der Waals surface area contributed by atoms with E-state index < -0.39 is 60.4 Å². The van der Waals surface area contributed by atoms with Crippen molar-refractivity contribution in [2.45, 2.75) is 56.3 Å². The summed E-state index contributed by atoms with van der Waals surface area (Å²) in [5.74, 6) is -4.15. The van der Waals surface area contributed by atoms with E-state index in [0.29, 0.717) is 18.4 Å². The third-order valence-electron chi connectivity index (χ3n) is 5.66. The van der Waals surface area contributed by atoms with Crippen LogP contribution < -0.4 is 22.1 Å². The predicted molar refractivity (Wildman–Crippen MR) is 122 cm³/mol. The number of carbonyl (C=O) groups excluding carboxylic acids is 4. The molecule has 192 valence electrons. The van der Waals surface area contributed by atoms with Crippen molar-refractivity contribution in [2.75, 3.05) is 13.2 Å². The number of phenols is 1. The molecule has 0 radical (unpaired) electrons. The number of carbonyl (C=O) groups is 5. The van der Waals surface area contributed by atoms with Gasteiger partial charge in [-0.2, -0.15) is 0 Å². The van der Waals surface area contributed by atoms with Crippen molar-refractivity contribution in [1.29, 1.82) is 0 Å². The van der Waals surface area contributed by atoms with E-state index in [9.17, 15) is 39.3 Å². The van der Waals surface area contributed by atoms with Gasteiger partial charge in [0, 0.05) is 19.4 Å². The molecule has 13 nitrogen and oxygen atoms in total. The molecule has 4 atom stereocenters. The molecule has 1 aliphatic heterocycles. The van der Waals surface area contributed by atoms with Crippen LogP contribution in [-0.2, 0) is 30.4 Å². The number of carboxylic acid groups (broad SMARTS) is 1. The predicted octanol–water partition coefficient (Wildman–Crippen LogP) is -2.43. The lowest BCUT2D eigenvalue weighted by atomic mass is 10.0. The molecule has 9 N–H and O–H groups in total. The third kappa shape index (κ3) is 7.93. The molecular formula is C22H31N5O8. The van der Waals surface area contributed by atoms with Crippen LogP contribution in [0, 0.1) is 0 Å². The fraction of sp³-hybridized carbons (Fsp3) is 0.500. The zero-order chi connectivity index (χ0) is 26.1. The van der Waals surface area contributed by atoms with E-state index in [1.165, 1.54) is 29.2 Å². The number of aliphatic hydroxyl groups excluding tert-OH is 1. The van der Waals surface area contributed by atoms with Crippen LogP contribution >= 0.6 is 0 Å². The number of benzene rings is 1. The topological polar surface area (TPSA) is 225 Å². The van der Waals surface area contributed by atoms with Gasteiger partial charge < -0.3 is 42.3 Å². The molecule has 1 aromatic carbocycles. The number of primary amides is 1. The molecule has 4 amide bonds. The number of nitrogens with two attached hydrogens (primary N) is 2. The first-order chi connectivity index (χ1) is 16.5. The Balaban J connectivity index is 2.21. The van der Waals surface area contributed by atoms with Gasteiger partial charge in [-0.25, -0.2) is 4.79 Å². The highest BCUT2D eigenvalue weighted by molar-refractivity contribution is 5.94. The second kappa shape index (κ2) is 12.7. The van der Waals surface area contributed by atoms with Gasteiger partial charge >= 0.3 is 5.97 Å². The Morgan fingerprint density at radius 3 is 2.31 bits per heavy atom. The number of phenolic OH excluding ortho intramolecular Hbond substituents is 1. The summed E-state index contributed by atoms with van der Waals surface area (Å²) in [5, 5.41) is 33.0. The zero-order valence-electron chi connectivity index (χ0n) is 19.1. The Morgan fingerprint density at radius 2 is 1.74 bits per heavy atom. The summed E-state index contributed by atoms with van der Waals surface area (Å²) >= 11 is 0. The van der Waals surface area contributed by atoms with Gasteiger partial charge in [0.1, 0.15) is 29.9 Å².